The Kier molecular flexibility index (Phi) is 4.88. The number of phenolic OH excluding ortho intramolecular Hbond substituents is 1. The lowest BCUT2D eigenvalue weighted by atomic mass is 10.1. The van der Waals surface area contributed by atoms with Gasteiger partial charge in [0.1, 0.15) is 11.6 Å². The molecule has 1 saturated heterocycles. The van der Waals surface area contributed by atoms with Crippen molar-refractivity contribution in [1.82, 2.24) is 4.90 Å². The lowest BCUT2D eigenvalue weighted by Crippen LogP contribution is -2.32. The Labute approximate surface area is 150 Å². The third kappa shape index (κ3) is 3.37. The van der Waals surface area contributed by atoms with Crippen LogP contribution in [0, 0.1) is 11.2 Å². The van der Waals surface area contributed by atoms with E-state index in [-0.39, 0.29) is 17.5 Å². The quantitative estimate of drug-likeness (QED) is 0.721. The summed E-state index contributed by atoms with van der Waals surface area (Å²) in [4.78, 5) is 15.6. The van der Waals surface area contributed by atoms with Crippen LogP contribution in [0.3, 0.4) is 0 Å². The summed E-state index contributed by atoms with van der Waals surface area (Å²) in [5, 5.41) is 16.8. The number of hydrogen-bond acceptors (Lipinski definition) is 4. The second-order valence-electron chi connectivity index (χ2n) is 5.96. The highest BCUT2D eigenvalue weighted by molar-refractivity contribution is 6.08. The Balaban J connectivity index is 1.78. The van der Waals surface area contributed by atoms with Gasteiger partial charge >= 0.3 is 6.03 Å². The maximum Gasteiger partial charge on any atom is 0.325 e. The molecule has 4 N–H and O–H groups in total. The van der Waals surface area contributed by atoms with Crippen LogP contribution in [0.5, 0.6) is 5.75 Å². The second kappa shape index (κ2) is 7.26. The number of amides is 2. The van der Waals surface area contributed by atoms with E-state index in [9.17, 15) is 14.3 Å². The van der Waals surface area contributed by atoms with Crippen molar-refractivity contribution in [3.8, 4) is 5.75 Å². The molecule has 1 aliphatic heterocycles. The van der Waals surface area contributed by atoms with Gasteiger partial charge in [0, 0.05) is 37.6 Å². The SMILES string of the molecule is N=C/C(=C\N)c1ccc(N2CCN(Cc3cccc(O)c3)C2=O)c(F)c1. The van der Waals surface area contributed by atoms with Crippen molar-refractivity contribution in [2.75, 3.05) is 18.0 Å². The summed E-state index contributed by atoms with van der Waals surface area (Å²) >= 11 is 0. The molecule has 0 bridgehead atoms. The number of allylic oxidation sites excluding steroid dienone is 1. The first-order valence-electron chi connectivity index (χ1n) is 8.10. The summed E-state index contributed by atoms with van der Waals surface area (Å²) in [5.41, 5.74) is 7.30. The van der Waals surface area contributed by atoms with Crippen LogP contribution in [0.25, 0.3) is 5.57 Å². The van der Waals surface area contributed by atoms with Crippen molar-refractivity contribution in [3.05, 3.63) is 65.6 Å². The van der Waals surface area contributed by atoms with E-state index < -0.39 is 5.82 Å². The lowest BCUT2D eigenvalue weighted by Gasteiger charge is -2.19. The maximum atomic E-state index is 14.5. The Hall–Kier alpha value is -3.35. The van der Waals surface area contributed by atoms with Gasteiger partial charge in [-0.3, -0.25) is 4.90 Å². The van der Waals surface area contributed by atoms with E-state index in [2.05, 4.69) is 0 Å². The van der Waals surface area contributed by atoms with Crippen molar-refractivity contribution in [2.45, 2.75) is 6.54 Å². The van der Waals surface area contributed by atoms with Gasteiger partial charge in [-0.05, 0) is 35.4 Å². The van der Waals surface area contributed by atoms with Crippen molar-refractivity contribution in [1.29, 1.82) is 5.41 Å². The summed E-state index contributed by atoms with van der Waals surface area (Å²) in [6.45, 7) is 1.18. The van der Waals surface area contributed by atoms with Gasteiger partial charge < -0.3 is 21.1 Å². The van der Waals surface area contributed by atoms with E-state index in [1.807, 2.05) is 6.07 Å². The molecule has 2 aromatic carbocycles. The molecule has 26 heavy (non-hydrogen) atoms. The predicted octanol–water partition coefficient (Wildman–Crippen LogP) is 2.92. The number of aromatic hydroxyl groups is 1. The average Bonchev–Trinajstić information content (AvgIpc) is 2.97. The monoisotopic (exact) mass is 354 g/mol. The molecule has 0 unspecified atom stereocenters. The Bertz CT molecular complexity index is 882. The normalized spacial score (nSPS) is 14.8. The van der Waals surface area contributed by atoms with E-state index in [0.717, 1.165) is 11.8 Å². The Morgan fingerprint density at radius 1 is 1.27 bits per heavy atom. The largest absolute Gasteiger partial charge is 0.508 e. The number of benzene rings is 2. The molecule has 0 spiro atoms. The number of carbonyl (C=O) groups is 1. The van der Waals surface area contributed by atoms with Crippen molar-refractivity contribution < 1.29 is 14.3 Å². The van der Waals surface area contributed by atoms with Gasteiger partial charge in [0.25, 0.3) is 0 Å². The topological polar surface area (TPSA) is 93.7 Å². The zero-order valence-corrected chi connectivity index (χ0v) is 14.0. The van der Waals surface area contributed by atoms with Crippen LogP contribution in [0.4, 0.5) is 14.9 Å². The zero-order valence-electron chi connectivity index (χ0n) is 14.0. The number of nitrogens with two attached hydrogens (primary N) is 1. The van der Waals surface area contributed by atoms with Crippen LogP contribution in [-0.4, -0.2) is 35.3 Å². The first-order valence-corrected chi connectivity index (χ1v) is 8.10. The number of halogens is 1. The molecular weight excluding hydrogens is 335 g/mol. The van der Waals surface area contributed by atoms with Crippen LogP contribution in [0.1, 0.15) is 11.1 Å². The third-order valence-electron chi connectivity index (χ3n) is 4.29. The zero-order chi connectivity index (χ0) is 18.7. The number of hydrogen-bond donors (Lipinski definition) is 3. The molecule has 2 amide bonds. The number of rotatable bonds is 5. The summed E-state index contributed by atoms with van der Waals surface area (Å²) in [7, 11) is 0. The molecule has 6 nitrogen and oxygen atoms in total. The van der Waals surface area contributed by atoms with E-state index >= 15 is 0 Å². The minimum atomic E-state index is -0.545. The van der Waals surface area contributed by atoms with Gasteiger partial charge in [0.05, 0.1) is 5.69 Å². The number of nitrogens with zero attached hydrogens (tertiary/aromatic N) is 2. The number of anilines is 1. The molecule has 7 heteroatoms. The van der Waals surface area contributed by atoms with Crippen molar-refractivity contribution >= 4 is 23.5 Å². The molecule has 0 radical (unpaired) electrons. The fourth-order valence-corrected chi connectivity index (χ4v) is 2.96. The fraction of sp³-hybridized carbons (Fsp3) is 0.158. The van der Waals surface area contributed by atoms with Crippen LogP contribution in [0.2, 0.25) is 0 Å². The molecule has 1 fully saturated rings. The van der Waals surface area contributed by atoms with Gasteiger partial charge in [-0.1, -0.05) is 18.2 Å². The van der Waals surface area contributed by atoms with E-state index in [0.29, 0.717) is 30.8 Å². The van der Waals surface area contributed by atoms with Gasteiger partial charge in [-0.2, -0.15) is 0 Å². The van der Waals surface area contributed by atoms with Crippen molar-refractivity contribution in [2.24, 2.45) is 5.73 Å². The van der Waals surface area contributed by atoms with Crippen LogP contribution >= 0.6 is 0 Å². The Morgan fingerprint density at radius 2 is 2.08 bits per heavy atom. The summed E-state index contributed by atoms with van der Waals surface area (Å²) in [6.07, 6.45) is 2.28. The number of urea groups is 1. The highest BCUT2D eigenvalue weighted by atomic mass is 19.1. The van der Waals surface area contributed by atoms with Crippen LogP contribution < -0.4 is 10.6 Å². The summed E-state index contributed by atoms with van der Waals surface area (Å²) < 4.78 is 14.5. The predicted molar refractivity (Wildman–Crippen MR) is 98.6 cm³/mol. The molecule has 0 saturated carbocycles. The molecule has 1 aliphatic rings. The number of carbonyl (C=O) groups excluding carboxylic acids is 1. The van der Waals surface area contributed by atoms with E-state index in [1.54, 1.807) is 29.2 Å². The summed E-state index contributed by atoms with van der Waals surface area (Å²) in [5.74, 6) is -0.404. The highest BCUT2D eigenvalue weighted by Crippen LogP contribution is 2.27. The lowest BCUT2D eigenvalue weighted by molar-refractivity contribution is 0.218. The van der Waals surface area contributed by atoms with Crippen LogP contribution in [0.15, 0.2) is 48.7 Å². The van der Waals surface area contributed by atoms with Gasteiger partial charge in [0.2, 0.25) is 0 Å². The van der Waals surface area contributed by atoms with Crippen molar-refractivity contribution in [3.63, 3.8) is 0 Å². The minimum Gasteiger partial charge on any atom is -0.508 e. The average molecular weight is 354 g/mol. The Morgan fingerprint density at radius 3 is 2.73 bits per heavy atom. The fourth-order valence-electron chi connectivity index (χ4n) is 2.96. The molecule has 0 aromatic heterocycles. The molecule has 134 valence electrons. The number of phenols is 1. The van der Waals surface area contributed by atoms with E-state index in [4.69, 9.17) is 11.1 Å². The number of nitrogens with one attached hydrogen (secondary N) is 1. The van der Waals surface area contributed by atoms with Crippen LogP contribution in [-0.2, 0) is 6.54 Å². The van der Waals surface area contributed by atoms with Gasteiger partial charge in [-0.15, -0.1) is 0 Å². The van der Waals surface area contributed by atoms with Gasteiger partial charge in [-0.25, -0.2) is 9.18 Å². The van der Waals surface area contributed by atoms with Gasteiger partial charge in [0.15, 0.2) is 0 Å². The first kappa shape index (κ1) is 17.5. The maximum absolute atomic E-state index is 14.5. The standard InChI is InChI=1S/C19H19FN4O2/c20-17-9-14(15(10-21)11-22)4-5-18(17)24-7-6-23(19(24)26)12-13-2-1-3-16(25)8-13/h1-5,8-11,21,25H,6-7,12,22H2/b15-11+,21-10?. The smallest absolute Gasteiger partial charge is 0.325 e. The highest BCUT2D eigenvalue weighted by Gasteiger charge is 2.31. The minimum absolute atomic E-state index is 0.141. The molecule has 1 heterocycles. The first-order chi connectivity index (χ1) is 12.5. The molecule has 2 aromatic rings. The van der Waals surface area contributed by atoms with E-state index in [1.165, 1.54) is 23.2 Å². The molecular formula is C19H19FN4O2. The molecule has 3 rings (SSSR count). The molecule has 0 aliphatic carbocycles. The third-order valence-corrected chi connectivity index (χ3v) is 4.29. The molecule has 0 atom stereocenters. The summed E-state index contributed by atoms with van der Waals surface area (Å²) in [6, 6.07) is 10.8. The second-order valence-corrected chi connectivity index (χ2v) is 5.96.